The molecule has 6 heteroatoms. The van der Waals surface area contributed by atoms with Crippen LogP contribution in [0, 0.1) is 25.2 Å². The molecule has 1 atom stereocenters. The molecular formula is C27H30N4O2. The normalized spacial score (nSPS) is 13.9. The molecule has 3 aromatic rings. The van der Waals surface area contributed by atoms with Crippen molar-refractivity contribution >= 4 is 11.8 Å². The van der Waals surface area contributed by atoms with Crippen LogP contribution in [0.25, 0.3) is 5.69 Å². The van der Waals surface area contributed by atoms with Gasteiger partial charge in [0.15, 0.2) is 5.82 Å². The fourth-order valence-electron chi connectivity index (χ4n) is 4.59. The van der Waals surface area contributed by atoms with Crippen molar-refractivity contribution in [1.29, 1.82) is 5.26 Å². The standard InChI is InChI=1S/C27H30N4O2/c1-18-7-11-24(12-8-18)31-27(25(16-28)20(3)29-31)30-14-13-22-15-21(9-10-23(22)17-30)19(2)5-4-6-26(32)33/h7-12,15,19H,4-6,13-14,17H2,1-3H3,(H,32,33)/t19-/m1/s1. The number of carboxylic acids is 1. The second-order valence-corrected chi connectivity index (χ2v) is 9.03. The van der Waals surface area contributed by atoms with Crippen LogP contribution in [-0.2, 0) is 17.8 Å². The number of aromatic nitrogens is 2. The molecule has 0 saturated heterocycles. The van der Waals surface area contributed by atoms with Gasteiger partial charge in [-0.25, -0.2) is 4.68 Å². The van der Waals surface area contributed by atoms with Gasteiger partial charge in [0.2, 0.25) is 0 Å². The second kappa shape index (κ2) is 9.50. The molecule has 1 N–H and O–H groups in total. The van der Waals surface area contributed by atoms with Crippen molar-refractivity contribution in [2.45, 2.75) is 58.9 Å². The fourth-order valence-corrected chi connectivity index (χ4v) is 4.59. The molecule has 1 aromatic heterocycles. The summed E-state index contributed by atoms with van der Waals surface area (Å²) in [7, 11) is 0. The van der Waals surface area contributed by atoms with Crippen molar-refractivity contribution in [3.63, 3.8) is 0 Å². The van der Waals surface area contributed by atoms with E-state index in [0.717, 1.165) is 43.1 Å². The number of anilines is 1. The van der Waals surface area contributed by atoms with Gasteiger partial charge in [0.1, 0.15) is 11.6 Å². The summed E-state index contributed by atoms with van der Waals surface area (Å²) in [5, 5.41) is 23.5. The largest absolute Gasteiger partial charge is 0.481 e. The number of carboxylic acid groups (broad SMARTS) is 1. The van der Waals surface area contributed by atoms with Gasteiger partial charge in [-0.15, -0.1) is 0 Å². The van der Waals surface area contributed by atoms with Gasteiger partial charge in [0.25, 0.3) is 0 Å². The predicted molar refractivity (Wildman–Crippen MR) is 129 cm³/mol. The average molecular weight is 443 g/mol. The summed E-state index contributed by atoms with van der Waals surface area (Å²) in [6, 6.07) is 17.2. The summed E-state index contributed by atoms with van der Waals surface area (Å²) in [4.78, 5) is 13.1. The SMILES string of the molecule is Cc1ccc(-n2nc(C)c(C#N)c2N2CCc3cc([C@H](C)CCCC(=O)O)ccc3C2)cc1. The smallest absolute Gasteiger partial charge is 0.303 e. The molecular weight excluding hydrogens is 412 g/mol. The second-order valence-electron chi connectivity index (χ2n) is 9.03. The highest BCUT2D eigenvalue weighted by Crippen LogP contribution is 2.33. The van der Waals surface area contributed by atoms with E-state index in [9.17, 15) is 10.1 Å². The van der Waals surface area contributed by atoms with E-state index in [2.05, 4.69) is 55.1 Å². The lowest BCUT2D eigenvalue weighted by molar-refractivity contribution is -0.137. The quantitative estimate of drug-likeness (QED) is 0.538. The minimum absolute atomic E-state index is 0.222. The highest BCUT2D eigenvalue weighted by Gasteiger charge is 2.26. The molecule has 0 bridgehead atoms. The molecule has 1 aliphatic rings. The van der Waals surface area contributed by atoms with Crippen molar-refractivity contribution in [2.24, 2.45) is 0 Å². The summed E-state index contributed by atoms with van der Waals surface area (Å²) in [5.74, 6) is 0.462. The molecule has 0 saturated carbocycles. The van der Waals surface area contributed by atoms with Crippen molar-refractivity contribution < 1.29 is 9.90 Å². The van der Waals surface area contributed by atoms with Gasteiger partial charge in [-0.2, -0.15) is 10.4 Å². The minimum atomic E-state index is -0.732. The summed E-state index contributed by atoms with van der Waals surface area (Å²) < 4.78 is 1.90. The number of nitriles is 1. The molecule has 2 aromatic carbocycles. The van der Waals surface area contributed by atoms with Crippen molar-refractivity contribution in [3.8, 4) is 11.8 Å². The Bertz CT molecular complexity index is 1200. The van der Waals surface area contributed by atoms with E-state index in [1.807, 2.05) is 23.7 Å². The van der Waals surface area contributed by atoms with E-state index in [4.69, 9.17) is 10.2 Å². The number of fused-ring (bicyclic) bond motifs is 1. The summed E-state index contributed by atoms with van der Waals surface area (Å²) >= 11 is 0. The molecule has 0 fully saturated rings. The number of hydrogen-bond donors (Lipinski definition) is 1. The van der Waals surface area contributed by atoms with Gasteiger partial charge in [-0.05, 0) is 67.9 Å². The first-order chi connectivity index (χ1) is 15.9. The number of rotatable bonds is 7. The average Bonchev–Trinajstić information content (AvgIpc) is 3.14. The van der Waals surface area contributed by atoms with Crippen LogP contribution in [0.15, 0.2) is 42.5 Å². The lowest BCUT2D eigenvalue weighted by Crippen LogP contribution is -2.32. The van der Waals surface area contributed by atoms with Crippen LogP contribution in [0.1, 0.15) is 65.6 Å². The number of nitrogens with zero attached hydrogens (tertiary/aromatic N) is 4. The minimum Gasteiger partial charge on any atom is -0.481 e. The summed E-state index contributed by atoms with van der Waals surface area (Å²) in [5.41, 5.74) is 7.38. The van der Waals surface area contributed by atoms with E-state index in [1.165, 1.54) is 22.3 Å². The first kappa shape index (κ1) is 22.6. The van der Waals surface area contributed by atoms with Crippen molar-refractivity contribution in [3.05, 3.63) is 76.0 Å². The molecule has 170 valence electrons. The molecule has 0 radical (unpaired) electrons. The number of benzene rings is 2. The van der Waals surface area contributed by atoms with Crippen LogP contribution in [0.2, 0.25) is 0 Å². The Balaban J connectivity index is 1.59. The van der Waals surface area contributed by atoms with Gasteiger partial charge in [-0.1, -0.05) is 42.8 Å². The summed E-state index contributed by atoms with van der Waals surface area (Å²) in [6.07, 6.45) is 2.69. The highest BCUT2D eigenvalue weighted by molar-refractivity contribution is 5.66. The van der Waals surface area contributed by atoms with Crippen molar-refractivity contribution in [2.75, 3.05) is 11.4 Å². The monoisotopic (exact) mass is 442 g/mol. The lowest BCUT2D eigenvalue weighted by atomic mass is 9.90. The Morgan fingerprint density at radius 1 is 1.18 bits per heavy atom. The molecule has 0 unspecified atom stereocenters. The Morgan fingerprint density at radius 3 is 2.64 bits per heavy atom. The fraction of sp³-hybridized carbons (Fsp3) is 0.370. The maximum absolute atomic E-state index is 10.8. The van der Waals surface area contributed by atoms with Crippen LogP contribution >= 0.6 is 0 Å². The van der Waals surface area contributed by atoms with Gasteiger partial charge < -0.3 is 10.0 Å². The van der Waals surface area contributed by atoms with Crippen LogP contribution < -0.4 is 4.90 Å². The number of aryl methyl sites for hydroxylation is 2. The molecule has 2 heterocycles. The molecule has 4 rings (SSSR count). The molecule has 6 nitrogen and oxygen atoms in total. The lowest BCUT2D eigenvalue weighted by Gasteiger charge is -2.31. The van der Waals surface area contributed by atoms with Crippen LogP contribution in [0.5, 0.6) is 0 Å². The predicted octanol–water partition coefficient (Wildman–Crippen LogP) is 5.28. The van der Waals surface area contributed by atoms with Crippen LogP contribution in [0.4, 0.5) is 5.82 Å². The third-order valence-corrected chi connectivity index (χ3v) is 6.57. The van der Waals surface area contributed by atoms with E-state index >= 15 is 0 Å². The van der Waals surface area contributed by atoms with Crippen molar-refractivity contribution in [1.82, 2.24) is 9.78 Å². The van der Waals surface area contributed by atoms with E-state index in [-0.39, 0.29) is 6.42 Å². The van der Waals surface area contributed by atoms with Crippen LogP contribution in [0.3, 0.4) is 0 Å². The first-order valence-corrected chi connectivity index (χ1v) is 11.5. The number of aliphatic carboxylic acids is 1. The molecule has 0 aliphatic carbocycles. The van der Waals surface area contributed by atoms with Gasteiger partial charge >= 0.3 is 5.97 Å². The Morgan fingerprint density at radius 2 is 1.94 bits per heavy atom. The summed E-state index contributed by atoms with van der Waals surface area (Å²) in [6.45, 7) is 7.66. The topological polar surface area (TPSA) is 82.2 Å². The highest BCUT2D eigenvalue weighted by atomic mass is 16.4. The molecule has 1 aliphatic heterocycles. The first-order valence-electron chi connectivity index (χ1n) is 11.5. The maximum Gasteiger partial charge on any atom is 0.303 e. The van der Waals surface area contributed by atoms with Gasteiger partial charge in [-0.3, -0.25) is 4.79 Å². The zero-order valence-electron chi connectivity index (χ0n) is 19.5. The molecule has 0 spiro atoms. The number of carbonyl (C=O) groups is 1. The zero-order valence-corrected chi connectivity index (χ0v) is 19.5. The van der Waals surface area contributed by atoms with Crippen LogP contribution in [-0.4, -0.2) is 27.4 Å². The van der Waals surface area contributed by atoms with E-state index in [1.54, 1.807) is 0 Å². The van der Waals surface area contributed by atoms with Gasteiger partial charge in [0, 0.05) is 19.5 Å². The number of hydrogen-bond acceptors (Lipinski definition) is 4. The third-order valence-electron chi connectivity index (χ3n) is 6.57. The Kier molecular flexibility index (Phi) is 6.50. The van der Waals surface area contributed by atoms with Gasteiger partial charge in [0.05, 0.1) is 11.4 Å². The molecule has 33 heavy (non-hydrogen) atoms. The van der Waals surface area contributed by atoms with E-state index in [0.29, 0.717) is 17.9 Å². The third kappa shape index (κ3) is 4.78. The zero-order chi connectivity index (χ0) is 23.5. The Labute approximate surface area is 195 Å². The molecule has 0 amide bonds. The maximum atomic E-state index is 10.8. The Hall–Kier alpha value is -3.59. The van der Waals surface area contributed by atoms with E-state index < -0.39 is 5.97 Å².